The van der Waals surface area contributed by atoms with Crippen molar-refractivity contribution >= 4 is 28.3 Å². The highest BCUT2D eigenvalue weighted by molar-refractivity contribution is 14.1. The molecule has 0 radical (unpaired) electrons. The van der Waals surface area contributed by atoms with Gasteiger partial charge in [0, 0.05) is 5.69 Å². The number of nitrogen functional groups attached to an aromatic ring is 1. The highest BCUT2D eigenvalue weighted by atomic mass is 127. The lowest BCUT2D eigenvalue weighted by Gasteiger charge is -2.26. The van der Waals surface area contributed by atoms with Crippen LogP contribution in [0.2, 0.25) is 0 Å². The molecule has 0 atom stereocenters. The molecule has 0 saturated heterocycles. The van der Waals surface area contributed by atoms with Crippen LogP contribution in [0.1, 0.15) is 19.3 Å². The van der Waals surface area contributed by atoms with Crippen LogP contribution in [0.15, 0.2) is 18.2 Å². The fourth-order valence-corrected chi connectivity index (χ4v) is 1.95. The van der Waals surface area contributed by atoms with Crippen LogP contribution in [0.4, 0.5) is 5.69 Å². The van der Waals surface area contributed by atoms with Crippen LogP contribution in [0, 0.1) is 3.57 Å². The Morgan fingerprint density at radius 3 is 2.69 bits per heavy atom. The van der Waals surface area contributed by atoms with Gasteiger partial charge in [0.1, 0.15) is 5.75 Å². The number of hydrogen-bond donors (Lipinski definition) is 1. The number of anilines is 1. The Morgan fingerprint density at radius 1 is 1.38 bits per heavy atom. The average Bonchev–Trinajstić information content (AvgIpc) is 1.99. The molecule has 3 heteroatoms. The predicted molar refractivity (Wildman–Crippen MR) is 61.8 cm³/mol. The summed E-state index contributed by atoms with van der Waals surface area (Å²) < 4.78 is 6.87. The molecule has 2 rings (SSSR count). The van der Waals surface area contributed by atoms with E-state index in [9.17, 15) is 0 Å². The van der Waals surface area contributed by atoms with Crippen molar-refractivity contribution in [3.05, 3.63) is 21.8 Å². The van der Waals surface area contributed by atoms with E-state index in [4.69, 9.17) is 10.5 Å². The fourth-order valence-electron chi connectivity index (χ4n) is 1.28. The first-order valence-electron chi connectivity index (χ1n) is 4.47. The van der Waals surface area contributed by atoms with Gasteiger partial charge in [0.2, 0.25) is 0 Å². The number of benzene rings is 1. The van der Waals surface area contributed by atoms with E-state index in [1.165, 1.54) is 19.3 Å². The van der Waals surface area contributed by atoms with Gasteiger partial charge in [0.25, 0.3) is 0 Å². The minimum absolute atomic E-state index is 0.442. The van der Waals surface area contributed by atoms with E-state index >= 15 is 0 Å². The third kappa shape index (κ3) is 2.07. The second kappa shape index (κ2) is 3.74. The zero-order chi connectivity index (χ0) is 9.26. The van der Waals surface area contributed by atoms with Gasteiger partial charge in [-0.05, 0) is 60.1 Å². The van der Waals surface area contributed by atoms with Crippen LogP contribution in [0.5, 0.6) is 5.75 Å². The van der Waals surface area contributed by atoms with Crippen molar-refractivity contribution in [1.29, 1.82) is 0 Å². The summed E-state index contributed by atoms with van der Waals surface area (Å²) in [6.45, 7) is 0. The summed E-state index contributed by atoms with van der Waals surface area (Å²) in [4.78, 5) is 0. The van der Waals surface area contributed by atoms with E-state index in [0.29, 0.717) is 6.10 Å². The maximum absolute atomic E-state index is 5.77. The molecule has 0 bridgehead atoms. The third-order valence-electron chi connectivity index (χ3n) is 2.30. The van der Waals surface area contributed by atoms with Gasteiger partial charge in [-0.2, -0.15) is 0 Å². The Hall–Kier alpha value is -0.450. The Morgan fingerprint density at radius 2 is 2.15 bits per heavy atom. The summed E-state index contributed by atoms with van der Waals surface area (Å²) in [5.74, 6) is 0.972. The van der Waals surface area contributed by atoms with Crippen LogP contribution >= 0.6 is 22.6 Å². The van der Waals surface area contributed by atoms with Gasteiger partial charge in [-0.15, -0.1) is 0 Å². The number of nitrogens with two attached hydrogens (primary N) is 1. The molecule has 1 aliphatic rings. The summed E-state index contributed by atoms with van der Waals surface area (Å²) >= 11 is 2.25. The molecule has 0 amide bonds. The van der Waals surface area contributed by atoms with Crippen molar-refractivity contribution in [3.8, 4) is 5.75 Å². The van der Waals surface area contributed by atoms with Crippen molar-refractivity contribution in [3.63, 3.8) is 0 Å². The molecule has 1 saturated carbocycles. The van der Waals surface area contributed by atoms with E-state index in [0.717, 1.165) is 15.0 Å². The van der Waals surface area contributed by atoms with Crippen molar-refractivity contribution in [2.45, 2.75) is 25.4 Å². The molecular formula is C10H12INO. The Kier molecular flexibility index (Phi) is 2.62. The minimum Gasteiger partial charge on any atom is -0.489 e. The molecule has 0 unspecified atom stereocenters. The normalized spacial score (nSPS) is 16.7. The molecule has 1 aliphatic carbocycles. The van der Waals surface area contributed by atoms with Gasteiger partial charge >= 0.3 is 0 Å². The number of hydrogen-bond acceptors (Lipinski definition) is 2. The molecule has 1 aromatic carbocycles. The first kappa shape index (κ1) is 9.12. The van der Waals surface area contributed by atoms with Gasteiger partial charge in [0.15, 0.2) is 0 Å². The summed E-state index contributed by atoms with van der Waals surface area (Å²) in [6, 6.07) is 5.78. The molecule has 1 aromatic rings. The lowest BCUT2D eigenvalue weighted by Crippen LogP contribution is -2.24. The van der Waals surface area contributed by atoms with Crippen LogP contribution in [-0.2, 0) is 0 Å². The standard InChI is InChI=1S/C10H12INO/c11-9-6-7(12)4-5-10(9)13-8-2-1-3-8/h4-6,8H,1-3,12H2. The molecule has 1 fully saturated rings. The molecule has 70 valence electrons. The molecule has 13 heavy (non-hydrogen) atoms. The second-order valence-electron chi connectivity index (χ2n) is 3.36. The van der Waals surface area contributed by atoms with Gasteiger partial charge in [-0.25, -0.2) is 0 Å². The molecule has 2 nitrogen and oxygen atoms in total. The maximum atomic E-state index is 5.77. The van der Waals surface area contributed by atoms with Gasteiger partial charge in [-0.1, -0.05) is 0 Å². The second-order valence-corrected chi connectivity index (χ2v) is 4.52. The highest BCUT2D eigenvalue weighted by Gasteiger charge is 2.19. The van der Waals surface area contributed by atoms with Crippen molar-refractivity contribution in [2.75, 3.05) is 5.73 Å². The Bertz CT molecular complexity index is 310. The van der Waals surface area contributed by atoms with Crippen molar-refractivity contribution in [1.82, 2.24) is 0 Å². The number of rotatable bonds is 2. The first-order valence-corrected chi connectivity index (χ1v) is 5.55. The van der Waals surface area contributed by atoms with Crippen LogP contribution in [0.25, 0.3) is 0 Å². The largest absolute Gasteiger partial charge is 0.489 e. The molecule has 0 spiro atoms. The smallest absolute Gasteiger partial charge is 0.133 e. The maximum Gasteiger partial charge on any atom is 0.133 e. The first-order chi connectivity index (χ1) is 6.25. The summed E-state index contributed by atoms with van der Waals surface area (Å²) in [5, 5.41) is 0. The zero-order valence-corrected chi connectivity index (χ0v) is 9.45. The lowest BCUT2D eigenvalue weighted by molar-refractivity contribution is 0.119. The molecule has 2 N–H and O–H groups in total. The minimum atomic E-state index is 0.442. The number of ether oxygens (including phenoxy) is 1. The van der Waals surface area contributed by atoms with E-state index < -0.39 is 0 Å². The molecule has 0 heterocycles. The molecule has 0 aliphatic heterocycles. The zero-order valence-electron chi connectivity index (χ0n) is 7.29. The van der Waals surface area contributed by atoms with E-state index in [1.54, 1.807) is 0 Å². The SMILES string of the molecule is Nc1ccc(OC2CCC2)c(I)c1. The van der Waals surface area contributed by atoms with Crippen LogP contribution < -0.4 is 10.5 Å². The third-order valence-corrected chi connectivity index (χ3v) is 3.14. The quantitative estimate of drug-likeness (QED) is 0.671. The van der Waals surface area contributed by atoms with Gasteiger partial charge in [0.05, 0.1) is 9.67 Å². The van der Waals surface area contributed by atoms with Crippen molar-refractivity contribution in [2.24, 2.45) is 0 Å². The summed E-state index contributed by atoms with van der Waals surface area (Å²) in [6.07, 6.45) is 4.13. The predicted octanol–water partition coefficient (Wildman–Crippen LogP) is 2.80. The summed E-state index contributed by atoms with van der Waals surface area (Å²) in [7, 11) is 0. The monoisotopic (exact) mass is 289 g/mol. The topological polar surface area (TPSA) is 35.2 Å². The Labute approximate surface area is 91.6 Å². The Balaban J connectivity index is 2.10. The lowest BCUT2D eigenvalue weighted by atomic mass is 9.96. The van der Waals surface area contributed by atoms with Gasteiger partial charge < -0.3 is 10.5 Å². The van der Waals surface area contributed by atoms with E-state index in [1.807, 2.05) is 18.2 Å². The van der Waals surface area contributed by atoms with E-state index in [-0.39, 0.29) is 0 Å². The van der Waals surface area contributed by atoms with Crippen molar-refractivity contribution < 1.29 is 4.74 Å². The summed E-state index contributed by atoms with van der Waals surface area (Å²) in [5.41, 5.74) is 6.44. The van der Waals surface area contributed by atoms with Crippen LogP contribution in [-0.4, -0.2) is 6.10 Å². The average molecular weight is 289 g/mol. The molecular weight excluding hydrogens is 277 g/mol. The van der Waals surface area contributed by atoms with Gasteiger partial charge in [-0.3, -0.25) is 0 Å². The highest BCUT2D eigenvalue weighted by Crippen LogP contribution is 2.29. The van der Waals surface area contributed by atoms with Crippen LogP contribution in [0.3, 0.4) is 0 Å². The van der Waals surface area contributed by atoms with E-state index in [2.05, 4.69) is 22.6 Å². The number of halogens is 1. The fraction of sp³-hybridized carbons (Fsp3) is 0.400. The molecule has 0 aromatic heterocycles.